The van der Waals surface area contributed by atoms with Gasteiger partial charge in [0.15, 0.2) is 0 Å². The zero-order valence-electron chi connectivity index (χ0n) is 12.0. The number of aryl methyl sites for hydroxylation is 1. The maximum absolute atomic E-state index is 13.3. The molecule has 0 amide bonds. The van der Waals surface area contributed by atoms with Gasteiger partial charge in [-0.05, 0) is 64.2 Å². The van der Waals surface area contributed by atoms with E-state index in [0.717, 1.165) is 27.8 Å². The van der Waals surface area contributed by atoms with E-state index in [4.69, 9.17) is 16.3 Å². The minimum atomic E-state index is -0.319. The Balaban J connectivity index is 2.24. The Morgan fingerprint density at radius 2 is 1.86 bits per heavy atom. The van der Waals surface area contributed by atoms with Gasteiger partial charge in [-0.1, -0.05) is 25.1 Å². The Kier molecular flexibility index (Phi) is 5.65. The molecule has 1 unspecified atom stereocenters. The molecule has 0 saturated carbocycles. The second kappa shape index (κ2) is 7.28. The van der Waals surface area contributed by atoms with Crippen molar-refractivity contribution in [3.63, 3.8) is 0 Å². The number of alkyl halides is 1. The number of hydrogen-bond donors (Lipinski definition) is 0. The van der Waals surface area contributed by atoms with Gasteiger partial charge in [-0.15, -0.1) is 11.6 Å². The Hall–Kier alpha value is -1.06. The molecule has 0 bridgehead atoms. The van der Waals surface area contributed by atoms with Gasteiger partial charge in [0.25, 0.3) is 0 Å². The Morgan fingerprint density at radius 3 is 2.48 bits per heavy atom. The van der Waals surface area contributed by atoms with Crippen LogP contribution in [0.1, 0.15) is 35.4 Å². The van der Waals surface area contributed by atoms with E-state index in [9.17, 15) is 4.39 Å². The van der Waals surface area contributed by atoms with Crippen molar-refractivity contribution in [3.8, 4) is 5.75 Å². The highest BCUT2D eigenvalue weighted by molar-refractivity contribution is 9.10. The van der Waals surface area contributed by atoms with Crippen LogP contribution in [0.4, 0.5) is 4.39 Å². The van der Waals surface area contributed by atoms with Crippen molar-refractivity contribution < 1.29 is 9.13 Å². The minimum absolute atomic E-state index is 0.216. The van der Waals surface area contributed by atoms with Crippen molar-refractivity contribution in [3.05, 3.63) is 63.4 Å². The molecule has 2 rings (SSSR count). The van der Waals surface area contributed by atoms with Crippen LogP contribution in [0, 0.1) is 12.7 Å². The Morgan fingerprint density at radius 1 is 1.19 bits per heavy atom. The summed E-state index contributed by atoms with van der Waals surface area (Å²) in [7, 11) is 0. The number of halogens is 3. The summed E-state index contributed by atoms with van der Waals surface area (Å²) in [5, 5.41) is -0.319. The van der Waals surface area contributed by atoms with Gasteiger partial charge in [-0.2, -0.15) is 0 Å². The summed E-state index contributed by atoms with van der Waals surface area (Å²) in [6.45, 7) is 4.48. The van der Waals surface area contributed by atoms with E-state index in [1.165, 1.54) is 6.07 Å². The summed E-state index contributed by atoms with van der Waals surface area (Å²) in [4.78, 5) is 0. The summed E-state index contributed by atoms with van der Waals surface area (Å²) >= 11 is 10.0. The summed E-state index contributed by atoms with van der Waals surface area (Å²) in [5.74, 6) is 0.590. The van der Waals surface area contributed by atoms with Gasteiger partial charge >= 0.3 is 0 Å². The molecular formula is C17H17BrClFO. The first-order valence-electron chi connectivity index (χ1n) is 6.85. The second-order valence-electron chi connectivity index (χ2n) is 4.91. The summed E-state index contributed by atoms with van der Waals surface area (Å²) in [5.41, 5.74) is 2.42. The van der Waals surface area contributed by atoms with Gasteiger partial charge in [0.05, 0.1) is 16.5 Å². The molecule has 0 aromatic heterocycles. The largest absolute Gasteiger partial charge is 0.492 e. The number of hydrogen-bond acceptors (Lipinski definition) is 1. The predicted octanol–water partition coefficient (Wildman–Crippen LogP) is 6.01. The van der Waals surface area contributed by atoms with Gasteiger partial charge in [-0.25, -0.2) is 4.39 Å². The van der Waals surface area contributed by atoms with Crippen molar-refractivity contribution >= 4 is 27.5 Å². The van der Waals surface area contributed by atoms with Crippen LogP contribution in [0.3, 0.4) is 0 Å². The second-order valence-corrected chi connectivity index (χ2v) is 6.20. The van der Waals surface area contributed by atoms with Crippen LogP contribution < -0.4 is 4.74 Å². The molecule has 1 atom stereocenters. The first-order valence-corrected chi connectivity index (χ1v) is 8.08. The van der Waals surface area contributed by atoms with Crippen molar-refractivity contribution in [2.75, 3.05) is 6.61 Å². The molecule has 2 aromatic carbocycles. The van der Waals surface area contributed by atoms with Crippen molar-refractivity contribution in [1.82, 2.24) is 0 Å². The zero-order valence-corrected chi connectivity index (χ0v) is 14.3. The molecule has 0 spiro atoms. The van der Waals surface area contributed by atoms with Crippen LogP contribution in [0.15, 0.2) is 40.9 Å². The summed E-state index contributed by atoms with van der Waals surface area (Å²) in [6.07, 6.45) is 0.960. The van der Waals surface area contributed by atoms with Crippen LogP contribution in [-0.4, -0.2) is 6.61 Å². The van der Waals surface area contributed by atoms with E-state index in [0.29, 0.717) is 12.2 Å². The molecular weight excluding hydrogens is 355 g/mol. The van der Waals surface area contributed by atoms with E-state index in [1.54, 1.807) is 19.1 Å². The van der Waals surface area contributed by atoms with Crippen LogP contribution in [0.2, 0.25) is 0 Å². The molecule has 0 saturated heterocycles. The van der Waals surface area contributed by atoms with E-state index in [2.05, 4.69) is 22.9 Å². The fourth-order valence-corrected chi connectivity index (χ4v) is 2.80. The predicted molar refractivity (Wildman–Crippen MR) is 88.8 cm³/mol. The molecule has 21 heavy (non-hydrogen) atoms. The van der Waals surface area contributed by atoms with Crippen LogP contribution >= 0.6 is 27.5 Å². The van der Waals surface area contributed by atoms with Gasteiger partial charge < -0.3 is 4.74 Å². The number of rotatable bonds is 5. The normalized spacial score (nSPS) is 12.2. The van der Waals surface area contributed by atoms with E-state index < -0.39 is 0 Å². The summed E-state index contributed by atoms with van der Waals surface area (Å²) in [6, 6.07) is 10.7. The maximum atomic E-state index is 13.3. The van der Waals surface area contributed by atoms with Crippen molar-refractivity contribution in [2.45, 2.75) is 25.6 Å². The lowest BCUT2D eigenvalue weighted by Crippen LogP contribution is -1.98. The van der Waals surface area contributed by atoms with E-state index >= 15 is 0 Å². The van der Waals surface area contributed by atoms with Crippen molar-refractivity contribution in [1.29, 1.82) is 0 Å². The average Bonchev–Trinajstić information content (AvgIpc) is 2.48. The molecule has 0 N–H and O–H groups in total. The highest BCUT2D eigenvalue weighted by atomic mass is 79.9. The Bertz CT molecular complexity index is 630. The van der Waals surface area contributed by atoms with Crippen LogP contribution in [-0.2, 0) is 0 Å². The highest BCUT2D eigenvalue weighted by Gasteiger charge is 2.14. The van der Waals surface area contributed by atoms with Gasteiger partial charge in [-0.3, -0.25) is 0 Å². The first-order chi connectivity index (χ1) is 10.0. The molecule has 0 aliphatic heterocycles. The lowest BCUT2D eigenvalue weighted by Gasteiger charge is -2.14. The number of ether oxygens (including phenoxy) is 1. The highest BCUT2D eigenvalue weighted by Crippen LogP contribution is 2.34. The fourth-order valence-electron chi connectivity index (χ4n) is 2.02. The third-order valence-corrected chi connectivity index (χ3v) is 4.31. The first kappa shape index (κ1) is 16.3. The van der Waals surface area contributed by atoms with E-state index in [1.807, 2.05) is 18.2 Å². The monoisotopic (exact) mass is 370 g/mol. The van der Waals surface area contributed by atoms with Crippen LogP contribution in [0.25, 0.3) is 0 Å². The molecule has 0 aliphatic carbocycles. The fraction of sp³-hybridized carbons (Fsp3) is 0.294. The number of benzene rings is 2. The molecule has 112 valence electrons. The quantitative estimate of drug-likeness (QED) is 0.584. The summed E-state index contributed by atoms with van der Waals surface area (Å²) < 4.78 is 19.8. The third-order valence-electron chi connectivity index (χ3n) is 3.18. The third kappa shape index (κ3) is 3.98. The minimum Gasteiger partial charge on any atom is -0.492 e. The van der Waals surface area contributed by atoms with E-state index in [-0.39, 0.29) is 11.2 Å². The van der Waals surface area contributed by atoms with Gasteiger partial charge in [0, 0.05) is 0 Å². The molecule has 1 nitrogen and oxygen atoms in total. The zero-order chi connectivity index (χ0) is 15.4. The SMILES string of the molecule is CCCOc1ccc(C(Cl)c2ccc(F)c(C)c2)cc1Br. The van der Waals surface area contributed by atoms with Crippen LogP contribution in [0.5, 0.6) is 5.75 Å². The van der Waals surface area contributed by atoms with Gasteiger partial charge in [0.1, 0.15) is 11.6 Å². The molecule has 0 fully saturated rings. The lowest BCUT2D eigenvalue weighted by molar-refractivity contribution is 0.315. The molecule has 4 heteroatoms. The molecule has 2 aromatic rings. The molecule has 0 aliphatic rings. The molecule has 0 radical (unpaired) electrons. The smallest absolute Gasteiger partial charge is 0.133 e. The maximum Gasteiger partial charge on any atom is 0.133 e. The lowest BCUT2D eigenvalue weighted by atomic mass is 10.0. The topological polar surface area (TPSA) is 9.23 Å². The van der Waals surface area contributed by atoms with Crippen molar-refractivity contribution in [2.24, 2.45) is 0 Å². The standard InChI is InChI=1S/C17H17BrClFO/c1-3-8-21-16-7-5-13(10-14(16)18)17(19)12-4-6-15(20)11(2)9-12/h4-7,9-10,17H,3,8H2,1-2H3. The Labute approximate surface area is 138 Å². The average molecular weight is 372 g/mol. The van der Waals surface area contributed by atoms with Gasteiger partial charge in [0.2, 0.25) is 0 Å². The molecule has 0 heterocycles.